The molecule has 248 valence electrons. The molecule has 3 rings (SSSR count). The zero-order valence-corrected chi connectivity index (χ0v) is 29.5. The van der Waals surface area contributed by atoms with Crippen molar-refractivity contribution in [2.45, 2.75) is 135 Å². The zero-order chi connectivity index (χ0) is 33.4. The first-order valence-electron chi connectivity index (χ1n) is 16.1. The van der Waals surface area contributed by atoms with E-state index >= 15 is 0 Å². The molecule has 2 aliphatic heterocycles. The lowest BCUT2D eigenvalue weighted by Gasteiger charge is -2.41. The van der Waals surface area contributed by atoms with E-state index in [-0.39, 0.29) is 41.2 Å². The Balaban J connectivity index is 1.82. The van der Waals surface area contributed by atoms with Crippen molar-refractivity contribution in [3.05, 3.63) is 65.8 Å². The molecule has 0 spiro atoms. The van der Waals surface area contributed by atoms with Gasteiger partial charge in [-0.3, -0.25) is 9.59 Å². The molecule has 1 aromatic rings. The lowest BCUT2D eigenvalue weighted by molar-refractivity contribution is -0.160. The van der Waals surface area contributed by atoms with Gasteiger partial charge in [0.25, 0.3) is 0 Å². The monoisotopic (exact) mass is 640 g/mol. The van der Waals surface area contributed by atoms with Crippen LogP contribution in [0.25, 0.3) is 0 Å². The van der Waals surface area contributed by atoms with Crippen LogP contribution in [0.1, 0.15) is 96.5 Å². The number of carbonyl (C=O) groups excluding carboxylic acids is 3. The normalized spacial score (nSPS) is 22.7. The van der Waals surface area contributed by atoms with Crippen LogP contribution in [0.5, 0.6) is 5.75 Å². The molecule has 8 nitrogen and oxygen atoms in total. The second-order valence-electron chi connectivity index (χ2n) is 13.9. The highest BCUT2D eigenvalue weighted by atomic mass is 28.4. The number of hydrogen-bond acceptors (Lipinski definition) is 8. The number of esters is 2. The van der Waals surface area contributed by atoms with Gasteiger partial charge in [-0.15, -0.1) is 0 Å². The Labute approximate surface area is 270 Å². The maximum atomic E-state index is 13.0. The highest BCUT2D eigenvalue weighted by molar-refractivity contribution is 6.74. The molecule has 9 heteroatoms. The molecule has 2 aliphatic rings. The third-order valence-electron chi connectivity index (χ3n) is 8.45. The highest BCUT2D eigenvalue weighted by Crippen LogP contribution is 2.39. The number of cyclic esters (lactones) is 1. The van der Waals surface area contributed by atoms with E-state index in [0.717, 1.165) is 12.0 Å². The summed E-state index contributed by atoms with van der Waals surface area (Å²) >= 11 is 0. The number of fused-ring (bicyclic) bond motifs is 1. The van der Waals surface area contributed by atoms with Crippen LogP contribution in [0.15, 0.2) is 54.7 Å². The summed E-state index contributed by atoms with van der Waals surface area (Å²) in [4.78, 5) is 37.4. The minimum absolute atomic E-state index is 0.00693. The van der Waals surface area contributed by atoms with Gasteiger partial charge in [0.15, 0.2) is 14.1 Å². The zero-order valence-electron chi connectivity index (χ0n) is 28.5. The molecule has 0 amide bonds. The second-order valence-corrected chi connectivity index (χ2v) is 18.7. The van der Waals surface area contributed by atoms with Crippen LogP contribution < -0.4 is 4.74 Å². The summed E-state index contributed by atoms with van der Waals surface area (Å²) in [5.74, 6) is -1.41. The van der Waals surface area contributed by atoms with Crippen LogP contribution in [-0.4, -0.2) is 56.2 Å². The van der Waals surface area contributed by atoms with Gasteiger partial charge < -0.3 is 23.4 Å². The minimum atomic E-state index is -2.17. The largest absolute Gasteiger partial charge is 0.462 e. The van der Waals surface area contributed by atoms with Crippen LogP contribution in [0.3, 0.4) is 0 Å². The summed E-state index contributed by atoms with van der Waals surface area (Å²) in [5.41, 5.74) is 1.16. The summed E-state index contributed by atoms with van der Waals surface area (Å²) in [5, 5.41) is -0.00693. The number of rotatable bonds is 13. The van der Waals surface area contributed by atoms with E-state index in [4.69, 9.17) is 23.4 Å². The summed E-state index contributed by atoms with van der Waals surface area (Å²) < 4.78 is 30.7. The van der Waals surface area contributed by atoms with Crippen LogP contribution in [-0.2, 0) is 34.6 Å². The Morgan fingerprint density at radius 2 is 1.78 bits per heavy atom. The fraction of sp³-hybridized carbons (Fsp3) is 0.583. The summed E-state index contributed by atoms with van der Waals surface area (Å²) in [6.07, 6.45) is 13.0. The van der Waals surface area contributed by atoms with E-state index < -0.39 is 20.1 Å². The number of allylic oxidation sites excluding steroid dienone is 5. The highest BCUT2D eigenvalue weighted by Gasteiger charge is 2.41. The average molecular weight is 641 g/mol. The molecule has 0 aromatic heterocycles. The van der Waals surface area contributed by atoms with Crippen molar-refractivity contribution in [2.24, 2.45) is 0 Å². The number of hydrogen-bond donors (Lipinski definition) is 0. The van der Waals surface area contributed by atoms with Gasteiger partial charge in [-0.05, 0) is 67.6 Å². The third kappa shape index (κ3) is 11.1. The second kappa shape index (κ2) is 15.5. The van der Waals surface area contributed by atoms with Gasteiger partial charge in [-0.25, -0.2) is 4.79 Å². The first-order valence-corrected chi connectivity index (χ1v) is 19.0. The van der Waals surface area contributed by atoms with Crippen LogP contribution in [0.2, 0.25) is 18.1 Å². The van der Waals surface area contributed by atoms with Crippen LogP contribution in [0, 0.1) is 0 Å². The van der Waals surface area contributed by atoms with Gasteiger partial charge in [0.2, 0.25) is 5.79 Å². The Morgan fingerprint density at radius 1 is 1.07 bits per heavy atom. The van der Waals surface area contributed by atoms with E-state index in [0.29, 0.717) is 43.4 Å². The lowest BCUT2D eigenvalue weighted by atomic mass is 9.91. The number of carbonyl (C=O) groups is 3. The SMILES string of the molecule is CC/C=C\C=C/C(=O)/C=C/C[C@@H](C[C@H]1C[C@H](OC(C)=O)C[C@H](Cc2cccc3c2C(=O)OC(C)(C)O3)O1)O[Si](C)(C)C(C)(C)C. The molecule has 0 N–H and O–H groups in total. The minimum Gasteiger partial charge on any atom is -0.462 e. The van der Waals surface area contributed by atoms with E-state index in [2.05, 4.69) is 33.9 Å². The maximum Gasteiger partial charge on any atom is 0.345 e. The molecule has 0 aliphatic carbocycles. The Morgan fingerprint density at radius 3 is 2.44 bits per heavy atom. The van der Waals surface area contributed by atoms with E-state index in [1.54, 1.807) is 38.1 Å². The molecule has 4 atom stereocenters. The number of benzene rings is 1. The van der Waals surface area contributed by atoms with Crippen LogP contribution in [0.4, 0.5) is 0 Å². The standard InChI is InChI=1S/C36H52O8Si/c1-10-11-12-13-17-27(38)18-15-19-28(44-45(8,9)35(3,4)5)22-31-24-30(40-25(2)37)23-29(41-31)21-26-16-14-20-32-33(26)34(39)43-36(6,7)42-32/h11-18,20,28-31H,10,19,21-24H2,1-9H3/b12-11-,17-13-,18-15+/t28-,29-,30+,31-/m0/s1. The Bertz CT molecular complexity index is 1290. The fourth-order valence-electron chi connectivity index (χ4n) is 5.38. The van der Waals surface area contributed by atoms with Crippen molar-refractivity contribution in [3.63, 3.8) is 0 Å². The molecule has 1 saturated heterocycles. The van der Waals surface area contributed by atoms with E-state index in [1.165, 1.54) is 6.92 Å². The van der Waals surface area contributed by atoms with Gasteiger partial charge in [-0.1, -0.05) is 64.1 Å². The van der Waals surface area contributed by atoms with Gasteiger partial charge in [0.1, 0.15) is 17.4 Å². The van der Waals surface area contributed by atoms with Crippen molar-refractivity contribution in [1.82, 2.24) is 0 Å². The van der Waals surface area contributed by atoms with Gasteiger partial charge in [0, 0.05) is 33.6 Å². The Kier molecular flexibility index (Phi) is 12.6. The topological polar surface area (TPSA) is 97.4 Å². The van der Waals surface area contributed by atoms with Crippen molar-refractivity contribution >= 4 is 26.0 Å². The summed E-state index contributed by atoms with van der Waals surface area (Å²) in [6.45, 7) is 17.9. The molecule has 0 unspecified atom stereocenters. The van der Waals surface area contributed by atoms with E-state index in [1.807, 2.05) is 37.3 Å². The molecule has 2 heterocycles. The van der Waals surface area contributed by atoms with Crippen molar-refractivity contribution in [2.75, 3.05) is 0 Å². The first-order chi connectivity index (χ1) is 21.0. The first kappa shape index (κ1) is 36.5. The Hall–Kier alpha value is -3.01. The smallest absolute Gasteiger partial charge is 0.345 e. The predicted molar refractivity (Wildman–Crippen MR) is 178 cm³/mol. The molecule has 0 bridgehead atoms. The number of ketones is 1. The summed E-state index contributed by atoms with van der Waals surface area (Å²) in [6, 6.07) is 5.51. The lowest BCUT2D eigenvalue weighted by Crippen LogP contribution is -2.46. The molecular formula is C36H52O8Si. The molecule has 0 saturated carbocycles. The summed E-state index contributed by atoms with van der Waals surface area (Å²) in [7, 11) is -2.17. The number of ether oxygens (including phenoxy) is 4. The van der Waals surface area contributed by atoms with Crippen molar-refractivity contribution < 1.29 is 37.8 Å². The third-order valence-corrected chi connectivity index (χ3v) is 13.0. The molecular weight excluding hydrogens is 588 g/mol. The van der Waals surface area contributed by atoms with E-state index in [9.17, 15) is 14.4 Å². The van der Waals surface area contributed by atoms with Gasteiger partial charge >= 0.3 is 11.9 Å². The average Bonchev–Trinajstić information content (AvgIpc) is 2.89. The quantitative estimate of drug-likeness (QED) is 0.0932. The maximum absolute atomic E-state index is 13.0. The molecule has 1 fully saturated rings. The van der Waals surface area contributed by atoms with Gasteiger partial charge in [-0.2, -0.15) is 0 Å². The van der Waals surface area contributed by atoms with Crippen LogP contribution >= 0.6 is 0 Å². The van der Waals surface area contributed by atoms with Gasteiger partial charge in [0.05, 0.1) is 18.3 Å². The van der Waals surface area contributed by atoms with Crippen molar-refractivity contribution in [3.8, 4) is 5.75 Å². The predicted octanol–water partition coefficient (Wildman–Crippen LogP) is 7.81. The fourth-order valence-corrected chi connectivity index (χ4v) is 6.76. The molecule has 1 aromatic carbocycles. The van der Waals surface area contributed by atoms with Crippen molar-refractivity contribution in [1.29, 1.82) is 0 Å². The molecule has 45 heavy (non-hydrogen) atoms. The molecule has 0 radical (unpaired) electrons.